The van der Waals surface area contributed by atoms with Crippen LogP contribution in [0.4, 0.5) is 0 Å². The highest BCUT2D eigenvalue weighted by molar-refractivity contribution is 5.99. The van der Waals surface area contributed by atoms with Crippen LogP contribution in [-0.2, 0) is 0 Å². The quantitative estimate of drug-likeness (QED) is 0.864. The fourth-order valence-corrected chi connectivity index (χ4v) is 1.89. The molecule has 0 saturated carbocycles. The van der Waals surface area contributed by atoms with Gasteiger partial charge >= 0.3 is 5.97 Å². The molecule has 0 bridgehead atoms. The van der Waals surface area contributed by atoms with Gasteiger partial charge in [-0.15, -0.1) is 0 Å². The Kier molecular flexibility index (Phi) is 4.15. The molecule has 0 aliphatic carbocycles. The molecule has 19 heavy (non-hydrogen) atoms. The van der Waals surface area contributed by atoms with Crippen molar-refractivity contribution in [2.24, 2.45) is 0 Å². The highest BCUT2D eigenvalue weighted by Crippen LogP contribution is 2.30. The summed E-state index contributed by atoms with van der Waals surface area (Å²) in [5.74, 6) is -0.782. The second-order valence-electron chi connectivity index (χ2n) is 3.92. The highest BCUT2D eigenvalue weighted by Gasteiger charge is 2.17. The van der Waals surface area contributed by atoms with Crippen LogP contribution in [0, 0.1) is 0 Å². The average molecular weight is 258 g/mol. The van der Waals surface area contributed by atoms with Crippen LogP contribution >= 0.6 is 0 Å². The van der Waals surface area contributed by atoms with Gasteiger partial charge in [0.05, 0.1) is 6.61 Å². The van der Waals surface area contributed by atoms with E-state index >= 15 is 0 Å². The molecule has 4 nitrogen and oxygen atoms in total. The molecule has 0 heterocycles. The number of hydrogen-bond donors (Lipinski definition) is 2. The van der Waals surface area contributed by atoms with Gasteiger partial charge in [-0.1, -0.05) is 42.5 Å². The standard InChI is InChI=1S/C15H14O4/c16-9-10-19-13-8-4-7-12(14(13)15(17)18)11-5-2-1-3-6-11/h1-8,16H,9-10H2,(H,17,18). The maximum Gasteiger partial charge on any atom is 0.340 e. The molecular formula is C15H14O4. The first-order valence-electron chi connectivity index (χ1n) is 5.89. The molecule has 0 atom stereocenters. The summed E-state index contributed by atoms with van der Waals surface area (Å²) in [5.41, 5.74) is 1.53. The number of aliphatic hydroxyl groups is 1. The Labute approximate surface area is 110 Å². The molecule has 0 spiro atoms. The van der Waals surface area contributed by atoms with Gasteiger partial charge in [-0.05, 0) is 17.2 Å². The predicted molar refractivity (Wildman–Crippen MR) is 71.4 cm³/mol. The van der Waals surface area contributed by atoms with Gasteiger partial charge in [0.2, 0.25) is 0 Å². The minimum atomic E-state index is -1.05. The van der Waals surface area contributed by atoms with Crippen LogP contribution in [0.3, 0.4) is 0 Å². The fourth-order valence-electron chi connectivity index (χ4n) is 1.89. The second-order valence-corrected chi connectivity index (χ2v) is 3.92. The summed E-state index contributed by atoms with van der Waals surface area (Å²) in [4.78, 5) is 11.4. The number of benzene rings is 2. The molecule has 2 aromatic carbocycles. The molecule has 2 rings (SSSR count). The van der Waals surface area contributed by atoms with E-state index in [0.717, 1.165) is 5.56 Å². The van der Waals surface area contributed by atoms with Gasteiger partial charge in [0.1, 0.15) is 17.9 Å². The maximum atomic E-state index is 11.4. The molecule has 2 aromatic rings. The fraction of sp³-hybridized carbons (Fsp3) is 0.133. The Morgan fingerprint density at radius 1 is 1.05 bits per heavy atom. The first-order valence-corrected chi connectivity index (χ1v) is 5.89. The van der Waals surface area contributed by atoms with Crippen molar-refractivity contribution in [2.45, 2.75) is 0 Å². The summed E-state index contributed by atoms with van der Waals surface area (Å²) in [6.45, 7) is -0.0901. The highest BCUT2D eigenvalue weighted by atomic mass is 16.5. The smallest absolute Gasteiger partial charge is 0.340 e. The van der Waals surface area contributed by atoms with Crippen LogP contribution in [0.2, 0.25) is 0 Å². The molecule has 0 aliphatic heterocycles. The number of aliphatic hydroxyl groups excluding tert-OH is 1. The lowest BCUT2D eigenvalue weighted by Gasteiger charge is -2.12. The van der Waals surface area contributed by atoms with Crippen LogP contribution in [-0.4, -0.2) is 29.4 Å². The minimum Gasteiger partial charge on any atom is -0.490 e. The van der Waals surface area contributed by atoms with Crippen molar-refractivity contribution in [2.75, 3.05) is 13.2 Å². The molecule has 4 heteroatoms. The Bertz CT molecular complexity index is 564. The van der Waals surface area contributed by atoms with Crippen molar-refractivity contribution >= 4 is 5.97 Å². The molecular weight excluding hydrogens is 244 g/mol. The van der Waals surface area contributed by atoms with Crippen molar-refractivity contribution in [1.82, 2.24) is 0 Å². The lowest BCUT2D eigenvalue weighted by molar-refractivity contribution is 0.0691. The third-order valence-corrected chi connectivity index (χ3v) is 2.67. The van der Waals surface area contributed by atoms with Gasteiger partial charge in [-0.25, -0.2) is 4.79 Å². The van der Waals surface area contributed by atoms with E-state index in [4.69, 9.17) is 9.84 Å². The van der Waals surface area contributed by atoms with E-state index in [-0.39, 0.29) is 24.5 Å². The number of aromatic carboxylic acids is 1. The molecule has 0 radical (unpaired) electrons. The van der Waals surface area contributed by atoms with Gasteiger partial charge in [-0.3, -0.25) is 0 Å². The third-order valence-electron chi connectivity index (χ3n) is 2.67. The zero-order chi connectivity index (χ0) is 13.7. The van der Waals surface area contributed by atoms with E-state index in [1.165, 1.54) is 0 Å². The number of ether oxygens (including phenoxy) is 1. The Balaban J connectivity index is 2.52. The molecule has 98 valence electrons. The average Bonchev–Trinajstić information content (AvgIpc) is 2.45. The molecule has 0 unspecified atom stereocenters. The monoisotopic (exact) mass is 258 g/mol. The summed E-state index contributed by atoms with van der Waals surface area (Å²) in [6.07, 6.45) is 0. The first kappa shape index (κ1) is 13.1. The van der Waals surface area contributed by atoms with E-state index < -0.39 is 5.97 Å². The normalized spacial score (nSPS) is 10.2. The number of carboxylic acid groups (broad SMARTS) is 1. The number of hydrogen-bond acceptors (Lipinski definition) is 3. The Hall–Kier alpha value is -2.33. The zero-order valence-electron chi connectivity index (χ0n) is 10.2. The Morgan fingerprint density at radius 3 is 2.42 bits per heavy atom. The maximum absolute atomic E-state index is 11.4. The minimum absolute atomic E-state index is 0.0680. The Morgan fingerprint density at radius 2 is 1.79 bits per heavy atom. The predicted octanol–water partition coefficient (Wildman–Crippen LogP) is 2.42. The van der Waals surface area contributed by atoms with Gasteiger partial charge in [0.15, 0.2) is 0 Å². The number of carbonyl (C=O) groups is 1. The van der Waals surface area contributed by atoms with E-state index in [2.05, 4.69) is 0 Å². The molecule has 0 fully saturated rings. The van der Waals surface area contributed by atoms with Gasteiger partial charge in [-0.2, -0.15) is 0 Å². The SMILES string of the molecule is O=C(O)c1c(OCCO)cccc1-c1ccccc1. The summed E-state index contributed by atoms with van der Waals surface area (Å²) < 4.78 is 5.28. The van der Waals surface area contributed by atoms with Crippen LogP contribution in [0.1, 0.15) is 10.4 Å². The van der Waals surface area contributed by atoms with E-state index in [1.54, 1.807) is 18.2 Å². The molecule has 0 aromatic heterocycles. The van der Waals surface area contributed by atoms with Gasteiger partial charge in [0, 0.05) is 0 Å². The van der Waals surface area contributed by atoms with Crippen molar-refractivity contribution in [1.29, 1.82) is 0 Å². The van der Waals surface area contributed by atoms with Crippen LogP contribution in [0.25, 0.3) is 11.1 Å². The first-order chi connectivity index (χ1) is 9.24. The van der Waals surface area contributed by atoms with Crippen molar-refractivity contribution < 1.29 is 19.7 Å². The molecule has 0 aliphatic rings. The lowest BCUT2D eigenvalue weighted by atomic mass is 9.99. The summed E-state index contributed by atoms with van der Waals surface area (Å²) in [5, 5.41) is 18.1. The van der Waals surface area contributed by atoms with E-state index in [1.807, 2.05) is 30.3 Å². The number of rotatable bonds is 5. The largest absolute Gasteiger partial charge is 0.490 e. The topological polar surface area (TPSA) is 66.8 Å². The van der Waals surface area contributed by atoms with E-state index in [9.17, 15) is 9.90 Å². The third kappa shape index (κ3) is 2.92. The second kappa shape index (κ2) is 6.02. The van der Waals surface area contributed by atoms with Crippen LogP contribution in [0.15, 0.2) is 48.5 Å². The molecule has 2 N–H and O–H groups in total. The van der Waals surface area contributed by atoms with Crippen LogP contribution in [0.5, 0.6) is 5.75 Å². The van der Waals surface area contributed by atoms with Crippen LogP contribution < -0.4 is 4.74 Å². The summed E-state index contributed by atoms with van der Waals surface area (Å²) >= 11 is 0. The lowest BCUT2D eigenvalue weighted by Crippen LogP contribution is -2.08. The van der Waals surface area contributed by atoms with Crippen molar-refractivity contribution in [3.63, 3.8) is 0 Å². The van der Waals surface area contributed by atoms with Gasteiger partial charge in [0.25, 0.3) is 0 Å². The number of carboxylic acids is 1. The van der Waals surface area contributed by atoms with Gasteiger partial charge < -0.3 is 14.9 Å². The summed E-state index contributed by atoms with van der Waals surface area (Å²) in [7, 11) is 0. The molecule has 0 saturated heterocycles. The zero-order valence-corrected chi connectivity index (χ0v) is 10.2. The van der Waals surface area contributed by atoms with E-state index in [0.29, 0.717) is 5.56 Å². The summed E-state index contributed by atoms with van der Waals surface area (Å²) in [6, 6.07) is 14.3. The van der Waals surface area contributed by atoms with Crippen molar-refractivity contribution in [3.05, 3.63) is 54.1 Å². The van der Waals surface area contributed by atoms with Crippen molar-refractivity contribution in [3.8, 4) is 16.9 Å². The molecule has 0 amide bonds.